The van der Waals surface area contributed by atoms with Gasteiger partial charge in [0.2, 0.25) is 0 Å². The number of hydrogen-bond donors (Lipinski definition) is 1. The highest BCUT2D eigenvalue weighted by Crippen LogP contribution is 2.26. The van der Waals surface area contributed by atoms with Crippen molar-refractivity contribution >= 4 is 16.9 Å². The van der Waals surface area contributed by atoms with Crippen LogP contribution in [0.1, 0.15) is 23.0 Å². The van der Waals surface area contributed by atoms with E-state index in [1.165, 1.54) is 5.56 Å². The number of ether oxygens (including phenoxy) is 2. The van der Waals surface area contributed by atoms with Crippen molar-refractivity contribution < 1.29 is 14.3 Å². The Kier molecular flexibility index (Phi) is 3.83. The summed E-state index contributed by atoms with van der Waals surface area (Å²) in [6, 6.07) is 15.3. The molecule has 0 aliphatic heterocycles. The second-order valence-corrected chi connectivity index (χ2v) is 5.07. The first kappa shape index (κ1) is 14.2. The molecule has 1 aromatic heterocycles. The van der Waals surface area contributed by atoms with Crippen molar-refractivity contribution in [2.45, 2.75) is 13.8 Å². The molecule has 3 rings (SSSR count). The van der Waals surface area contributed by atoms with Crippen LogP contribution in [-0.4, -0.2) is 17.6 Å². The maximum Gasteiger partial charge on any atom is 0.354 e. The van der Waals surface area contributed by atoms with Crippen molar-refractivity contribution in [2.75, 3.05) is 6.61 Å². The Morgan fingerprint density at radius 1 is 1.05 bits per heavy atom. The Balaban J connectivity index is 1.86. The van der Waals surface area contributed by atoms with E-state index < -0.39 is 0 Å². The van der Waals surface area contributed by atoms with Gasteiger partial charge in [0.1, 0.15) is 17.2 Å². The summed E-state index contributed by atoms with van der Waals surface area (Å²) in [5.41, 5.74) is 2.51. The fraction of sp³-hybridized carbons (Fsp3) is 0.167. The largest absolute Gasteiger partial charge is 0.461 e. The molecular formula is C18H17NO3. The van der Waals surface area contributed by atoms with Gasteiger partial charge in [-0.05, 0) is 50.2 Å². The first-order chi connectivity index (χ1) is 10.7. The molecule has 0 atom stereocenters. The summed E-state index contributed by atoms with van der Waals surface area (Å²) >= 11 is 0. The highest BCUT2D eigenvalue weighted by molar-refractivity contribution is 5.95. The van der Waals surface area contributed by atoms with E-state index in [1.54, 1.807) is 13.0 Å². The predicted octanol–water partition coefficient (Wildman–Crippen LogP) is 4.45. The Labute approximate surface area is 128 Å². The molecule has 0 aliphatic rings. The molecule has 2 aromatic carbocycles. The van der Waals surface area contributed by atoms with Gasteiger partial charge in [0.25, 0.3) is 0 Å². The number of hydrogen-bond acceptors (Lipinski definition) is 3. The number of aromatic amines is 1. The van der Waals surface area contributed by atoms with E-state index in [-0.39, 0.29) is 5.97 Å². The smallest absolute Gasteiger partial charge is 0.354 e. The van der Waals surface area contributed by atoms with Crippen LogP contribution in [0.25, 0.3) is 10.9 Å². The third-order valence-electron chi connectivity index (χ3n) is 3.34. The second kappa shape index (κ2) is 5.93. The summed E-state index contributed by atoms with van der Waals surface area (Å²) in [5, 5.41) is 0.910. The average Bonchev–Trinajstić information content (AvgIpc) is 2.93. The van der Waals surface area contributed by atoms with E-state index in [0.717, 1.165) is 22.4 Å². The second-order valence-electron chi connectivity index (χ2n) is 5.07. The standard InChI is InChI=1S/C18H17NO3/c1-3-21-18(20)17-11-13-10-15(8-9-16(13)19-17)22-14-6-4-12(2)5-7-14/h4-11,19H,3H2,1-2H3. The lowest BCUT2D eigenvalue weighted by Crippen LogP contribution is -2.04. The quantitative estimate of drug-likeness (QED) is 0.724. The van der Waals surface area contributed by atoms with Crippen LogP contribution in [-0.2, 0) is 4.74 Å². The van der Waals surface area contributed by atoms with E-state index in [9.17, 15) is 4.79 Å². The van der Waals surface area contributed by atoms with Gasteiger partial charge >= 0.3 is 5.97 Å². The molecule has 4 heteroatoms. The predicted molar refractivity (Wildman–Crippen MR) is 85.5 cm³/mol. The molecule has 0 spiro atoms. The third kappa shape index (κ3) is 2.96. The number of rotatable bonds is 4. The molecule has 0 saturated carbocycles. The van der Waals surface area contributed by atoms with Gasteiger partial charge in [-0.1, -0.05) is 17.7 Å². The maximum absolute atomic E-state index is 11.7. The molecule has 0 fully saturated rings. The number of carbonyl (C=O) groups is 1. The van der Waals surface area contributed by atoms with Gasteiger partial charge in [-0.3, -0.25) is 0 Å². The molecule has 0 saturated heterocycles. The Morgan fingerprint density at radius 2 is 1.77 bits per heavy atom. The summed E-state index contributed by atoms with van der Waals surface area (Å²) in [6.45, 7) is 4.18. The minimum absolute atomic E-state index is 0.347. The van der Waals surface area contributed by atoms with Crippen LogP contribution < -0.4 is 4.74 Å². The lowest BCUT2D eigenvalue weighted by molar-refractivity contribution is 0.0520. The van der Waals surface area contributed by atoms with Gasteiger partial charge in [-0.15, -0.1) is 0 Å². The molecule has 0 aliphatic carbocycles. The van der Waals surface area contributed by atoms with Gasteiger partial charge in [0, 0.05) is 10.9 Å². The fourth-order valence-corrected chi connectivity index (χ4v) is 2.24. The van der Waals surface area contributed by atoms with Crippen molar-refractivity contribution in [2.24, 2.45) is 0 Å². The van der Waals surface area contributed by atoms with Crippen LogP contribution in [0.3, 0.4) is 0 Å². The minimum Gasteiger partial charge on any atom is -0.461 e. The maximum atomic E-state index is 11.7. The topological polar surface area (TPSA) is 51.3 Å². The molecule has 0 radical (unpaired) electrons. The number of esters is 1. The van der Waals surface area contributed by atoms with E-state index >= 15 is 0 Å². The Bertz CT molecular complexity index is 803. The van der Waals surface area contributed by atoms with E-state index in [1.807, 2.05) is 49.4 Å². The number of H-pyrrole nitrogens is 1. The normalized spacial score (nSPS) is 10.6. The first-order valence-electron chi connectivity index (χ1n) is 7.20. The monoisotopic (exact) mass is 295 g/mol. The Morgan fingerprint density at radius 3 is 2.50 bits per heavy atom. The van der Waals surface area contributed by atoms with Crippen molar-refractivity contribution in [3.8, 4) is 11.5 Å². The number of nitrogens with one attached hydrogen (secondary N) is 1. The lowest BCUT2D eigenvalue weighted by Gasteiger charge is -2.05. The van der Waals surface area contributed by atoms with Crippen LogP contribution in [0.2, 0.25) is 0 Å². The van der Waals surface area contributed by atoms with E-state index in [0.29, 0.717) is 12.3 Å². The highest BCUT2D eigenvalue weighted by atomic mass is 16.5. The van der Waals surface area contributed by atoms with Crippen LogP contribution >= 0.6 is 0 Å². The van der Waals surface area contributed by atoms with Crippen LogP contribution in [0.5, 0.6) is 11.5 Å². The zero-order valence-corrected chi connectivity index (χ0v) is 12.6. The SMILES string of the molecule is CCOC(=O)c1cc2cc(Oc3ccc(C)cc3)ccc2[nH]1. The molecular weight excluding hydrogens is 278 g/mol. The number of aromatic nitrogens is 1. The zero-order valence-electron chi connectivity index (χ0n) is 12.6. The zero-order chi connectivity index (χ0) is 15.5. The number of fused-ring (bicyclic) bond motifs is 1. The molecule has 1 heterocycles. The average molecular weight is 295 g/mol. The minimum atomic E-state index is -0.347. The molecule has 0 unspecified atom stereocenters. The van der Waals surface area contributed by atoms with Crippen molar-refractivity contribution in [3.05, 3.63) is 59.8 Å². The van der Waals surface area contributed by atoms with Crippen LogP contribution in [0, 0.1) is 6.92 Å². The van der Waals surface area contributed by atoms with Gasteiger partial charge in [0.15, 0.2) is 0 Å². The van der Waals surface area contributed by atoms with Crippen molar-refractivity contribution in [1.82, 2.24) is 4.98 Å². The third-order valence-corrected chi connectivity index (χ3v) is 3.34. The van der Waals surface area contributed by atoms with Crippen molar-refractivity contribution in [1.29, 1.82) is 0 Å². The molecule has 0 bridgehead atoms. The molecule has 4 nitrogen and oxygen atoms in total. The Hall–Kier alpha value is -2.75. The van der Waals surface area contributed by atoms with E-state index in [4.69, 9.17) is 9.47 Å². The van der Waals surface area contributed by atoms with Gasteiger partial charge < -0.3 is 14.5 Å². The number of aryl methyl sites for hydroxylation is 1. The summed E-state index contributed by atoms with van der Waals surface area (Å²) in [7, 11) is 0. The molecule has 0 amide bonds. The number of benzene rings is 2. The van der Waals surface area contributed by atoms with Crippen LogP contribution in [0.15, 0.2) is 48.5 Å². The van der Waals surface area contributed by atoms with Crippen LogP contribution in [0.4, 0.5) is 0 Å². The molecule has 1 N–H and O–H groups in total. The summed E-state index contributed by atoms with van der Waals surface area (Å²) in [5.74, 6) is 1.16. The number of carbonyl (C=O) groups excluding carboxylic acids is 1. The lowest BCUT2D eigenvalue weighted by atomic mass is 10.2. The highest BCUT2D eigenvalue weighted by Gasteiger charge is 2.10. The molecule has 22 heavy (non-hydrogen) atoms. The van der Waals surface area contributed by atoms with Gasteiger partial charge in [-0.2, -0.15) is 0 Å². The van der Waals surface area contributed by atoms with E-state index in [2.05, 4.69) is 4.98 Å². The fourth-order valence-electron chi connectivity index (χ4n) is 2.24. The summed E-state index contributed by atoms with van der Waals surface area (Å²) < 4.78 is 10.8. The summed E-state index contributed by atoms with van der Waals surface area (Å²) in [6.07, 6.45) is 0. The van der Waals surface area contributed by atoms with Gasteiger partial charge in [-0.25, -0.2) is 4.79 Å². The first-order valence-corrected chi connectivity index (χ1v) is 7.20. The molecule has 112 valence electrons. The van der Waals surface area contributed by atoms with Crippen molar-refractivity contribution in [3.63, 3.8) is 0 Å². The molecule has 3 aromatic rings. The summed E-state index contributed by atoms with van der Waals surface area (Å²) in [4.78, 5) is 14.8. The van der Waals surface area contributed by atoms with Gasteiger partial charge in [0.05, 0.1) is 6.61 Å².